The molecule has 0 saturated carbocycles. The van der Waals surface area contributed by atoms with Crippen molar-refractivity contribution < 1.29 is 4.74 Å². The van der Waals surface area contributed by atoms with Crippen LogP contribution in [-0.2, 0) is 11.3 Å². The van der Waals surface area contributed by atoms with Gasteiger partial charge in [-0.25, -0.2) is 9.97 Å². The third-order valence-electron chi connectivity index (χ3n) is 4.19. The van der Waals surface area contributed by atoms with Crippen LogP contribution in [0.25, 0.3) is 32.9 Å². The number of nitrogens with zero attached hydrogens (tertiary/aromatic N) is 4. The monoisotopic (exact) mass is 365 g/mol. The van der Waals surface area contributed by atoms with Crippen molar-refractivity contribution in [1.29, 1.82) is 0 Å². The summed E-state index contributed by atoms with van der Waals surface area (Å²) in [6.45, 7) is 3.37. The molecule has 7 heteroatoms. The van der Waals surface area contributed by atoms with Gasteiger partial charge in [-0.15, -0.1) is 0 Å². The third-order valence-corrected chi connectivity index (χ3v) is 5.13. The van der Waals surface area contributed by atoms with E-state index in [0.29, 0.717) is 11.7 Å². The first-order valence-corrected chi connectivity index (χ1v) is 9.12. The Morgan fingerprint density at radius 1 is 1.19 bits per heavy atom. The molecule has 4 rings (SSSR count). The van der Waals surface area contributed by atoms with E-state index in [9.17, 15) is 0 Å². The van der Waals surface area contributed by atoms with Gasteiger partial charge in [-0.05, 0) is 36.8 Å². The number of fused-ring (bicyclic) bond motifs is 1. The van der Waals surface area contributed by atoms with E-state index < -0.39 is 0 Å². The highest BCUT2D eigenvalue weighted by Gasteiger charge is 2.16. The summed E-state index contributed by atoms with van der Waals surface area (Å²) in [5.74, 6) is 0. The van der Waals surface area contributed by atoms with E-state index in [4.69, 9.17) is 10.5 Å². The zero-order valence-electron chi connectivity index (χ0n) is 14.6. The van der Waals surface area contributed by atoms with Crippen LogP contribution in [0.5, 0.6) is 0 Å². The number of hydrogen-bond acceptors (Lipinski definition) is 6. The molecule has 0 radical (unpaired) electrons. The first-order valence-electron chi connectivity index (χ1n) is 8.30. The van der Waals surface area contributed by atoms with E-state index in [0.717, 1.165) is 45.1 Å². The fourth-order valence-corrected chi connectivity index (χ4v) is 3.78. The molecule has 0 bridgehead atoms. The fraction of sp³-hybridized carbons (Fsp3) is 0.211. The maximum absolute atomic E-state index is 6.03. The number of methoxy groups -OCH3 is 1. The average Bonchev–Trinajstić information content (AvgIpc) is 3.23. The molecule has 3 heterocycles. The van der Waals surface area contributed by atoms with E-state index in [1.54, 1.807) is 7.11 Å². The van der Waals surface area contributed by atoms with Crippen LogP contribution in [-0.4, -0.2) is 33.2 Å². The number of aryl methyl sites for hydroxylation is 1. The molecular formula is C19H19N5OS. The Kier molecular flexibility index (Phi) is 4.40. The Morgan fingerprint density at radius 2 is 2.08 bits per heavy atom. The van der Waals surface area contributed by atoms with Crippen molar-refractivity contribution in [3.63, 3.8) is 0 Å². The second-order valence-corrected chi connectivity index (χ2v) is 7.06. The van der Waals surface area contributed by atoms with Gasteiger partial charge in [0.1, 0.15) is 5.69 Å². The van der Waals surface area contributed by atoms with Gasteiger partial charge in [0.2, 0.25) is 0 Å². The Bertz CT molecular complexity index is 1070. The van der Waals surface area contributed by atoms with Gasteiger partial charge in [0, 0.05) is 19.3 Å². The average molecular weight is 365 g/mol. The van der Waals surface area contributed by atoms with Crippen molar-refractivity contribution in [3.8, 4) is 21.8 Å². The van der Waals surface area contributed by atoms with Crippen molar-refractivity contribution in [2.75, 3.05) is 19.5 Å². The highest BCUT2D eigenvalue weighted by atomic mass is 32.1. The lowest BCUT2D eigenvalue weighted by molar-refractivity contribution is 0.188. The summed E-state index contributed by atoms with van der Waals surface area (Å²) in [4.78, 5) is 14.6. The van der Waals surface area contributed by atoms with E-state index >= 15 is 0 Å². The molecule has 26 heavy (non-hydrogen) atoms. The summed E-state index contributed by atoms with van der Waals surface area (Å²) >= 11 is 1.48. The molecule has 0 unspecified atom stereocenters. The number of nitrogen functional groups attached to an aromatic ring is 1. The molecule has 0 aliphatic carbocycles. The molecule has 3 aromatic heterocycles. The second kappa shape index (κ2) is 6.86. The summed E-state index contributed by atoms with van der Waals surface area (Å²) in [6, 6.07) is 12.1. The van der Waals surface area contributed by atoms with Crippen LogP contribution in [0, 0.1) is 6.92 Å². The molecule has 0 aliphatic rings. The van der Waals surface area contributed by atoms with Gasteiger partial charge in [0.25, 0.3) is 0 Å². The van der Waals surface area contributed by atoms with E-state index in [1.807, 2.05) is 37.5 Å². The smallest absolute Gasteiger partial charge is 0.181 e. The largest absolute Gasteiger partial charge is 0.383 e. The number of imidazole rings is 1. The van der Waals surface area contributed by atoms with Crippen LogP contribution in [0.1, 0.15) is 5.69 Å². The molecule has 0 spiro atoms. The second-order valence-electron chi connectivity index (χ2n) is 6.03. The fourth-order valence-electron chi connectivity index (χ4n) is 2.95. The standard InChI is InChI=1S/C19H19N5OS/c1-12-4-3-5-15(22-12)17-18(26-19(20)23-17)13-6-7-14-16(10-13)24(11-21-14)8-9-25-2/h3-7,10-11H,8-9H2,1-2H3,(H2,20,23). The minimum absolute atomic E-state index is 0.534. The highest BCUT2D eigenvalue weighted by Crippen LogP contribution is 2.38. The summed E-state index contributed by atoms with van der Waals surface area (Å²) < 4.78 is 7.28. The Hall–Kier alpha value is -2.77. The van der Waals surface area contributed by atoms with Gasteiger partial charge in [-0.2, -0.15) is 0 Å². The van der Waals surface area contributed by atoms with Crippen LogP contribution >= 0.6 is 11.3 Å². The Labute approximate surface area is 155 Å². The number of hydrogen-bond donors (Lipinski definition) is 1. The summed E-state index contributed by atoms with van der Waals surface area (Å²) in [5, 5.41) is 0.534. The maximum atomic E-state index is 6.03. The molecule has 132 valence electrons. The lowest BCUT2D eigenvalue weighted by atomic mass is 10.1. The predicted molar refractivity (Wildman–Crippen MR) is 105 cm³/mol. The summed E-state index contributed by atoms with van der Waals surface area (Å²) in [7, 11) is 1.70. The SMILES string of the molecule is COCCn1cnc2ccc(-c3sc(N)nc3-c3cccc(C)n3)cc21. The molecule has 0 atom stereocenters. The number of anilines is 1. The quantitative estimate of drug-likeness (QED) is 0.582. The number of benzene rings is 1. The molecular weight excluding hydrogens is 346 g/mol. The minimum atomic E-state index is 0.534. The van der Waals surface area contributed by atoms with Crippen LogP contribution in [0.2, 0.25) is 0 Å². The van der Waals surface area contributed by atoms with E-state index in [1.165, 1.54) is 11.3 Å². The van der Waals surface area contributed by atoms with Gasteiger partial charge in [0.15, 0.2) is 5.13 Å². The molecule has 0 saturated heterocycles. The molecule has 2 N–H and O–H groups in total. The van der Waals surface area contributed by atoms with E-state index in [2.05, 4.69) is 31.7 Å². The Balaban J connectivity index is 1.83. The van der Waals surface area contributed by atoms with Crippen LogP contribution < -0.4 is 5.73 Å². The zero-order chi connectivity index (χ0) is 18.1. The van der Waals surface area contributed by atoms with Crippen molar-refractivity contribution in [2.45, 2.75) is 13.5 Å². The minimum Gasteiger partial charge on any atom is -0.383 e. The molecule has 6 nitrogen and oxygen atoms in total. The number of aromatic nitrogens is 4. The first-order chi connectivity index (χ1) is 12.7. The number of thiazole rings is 1. The molecule has 0 aliphatic heterocycles. The topological polar surface area (TPSA) is 78.9 Å². The molecule has 0 fully saturated rings. The maximum Gasteiger partial charge on any atom is 0.181 e. The van der Waals surface area contributed by atoms with Crippen LogP contribution in [0.3, 0.4) is 0 Å². The number of pyridine rings is 1. The van der Waals surface area contributed by atoms with Crippen LogP contribution in [0.4, 0.5) is 5.13 Å². The number of ether oxygens (including phenoxy) is 1. The van der Waals surface area contributed by atoms with Crippen LogP contribution in [0.15, 0.2) is 42.7 Å². The van der Waals surface area contributed by atoms with Crippen molar-refractivity contribution in [1.82, 2.24) is 19.5 Å². The molecule has 4 aromatic rings. The normalized spacial score (nSPS) is 11.3. The Morgan fingerprint density at radius 3 is 2.88 bits per heavy atom. The third kappa shape index (κ3) is 3.07. The summed E-state index contributed by atoms with van der Waals surface area (Å²) in [6.07, 6.45) is 1.84. The lowest BCUT2D eigenvalue weighted by Gasteiger charge is -2.06. The predicted octanol–water partition coefficient (Wildman–Crippen LogP) is 3.76. The first kappa shape index (κ1) is 16.7. The zero-order valence-corrected chi connectivity index (χ0v) is 15.5. The number of rotatable bonds is 5. The van der Waals surface area contributed by atoms with E-state index in [-0.39, 0.29) is 0 Å². The summed E-state index contributed by atoms with van der Waals surface area (Å²) in [5.41, 5.74) is 11.7. The van der Waals surface area contributed by atoms with Gasteiger partial charge in [-0.3, -0.25) is 4.98 Å². The van der Waals surface area contributed by atoms with Crippen molar-refractivity contribution >= 4 is 27.5 Å². The molecule has 0 amide bonds. The van der Waals surface area contributed by atoms with Crippen molar-refractivity contribution in [2.24, 2.45) is 0 Å². The van der Waals surface area contributed by atoms with Gasteiger partial charge in [-0.1, -0.05) is 23.5 Å². The highest BCUT2D eigenvalue weighted by molar-refractivity contribution is 7.19. The number of nitrogens with two attached hydrogens (primary N) is 1. The van der Waals surface area contributed by atoms with Gasteiger partial charge in [0.05, 0.1) is 34.5 Å². The van der Waals surface area contributed by atoms with Gasteiger partial charge >= 0.3 is 0 Å². The van der Waals surface area contributed by atoms with Gasteiger partial charge < -0.3 is 15.0 Å². The van der Waals surface area contributed by atoms with Crippen molar-refractivity contribution in [3.05, 3.63) is 48.4 Å². The molecule has 1 aromatic carbocycles. The lowest BCUT2D eigenvalue weighted by Crippen LogP contribution is -2.02.